The van der Waals surface area contributed by atoms with Crippen molar-refractivity contribution < 1.29 is 9.18 Å². The third kappa shape index (κ3) is 3.27. The number of carbonyl (C=O) groups is 1. The predicted molar refractivity (Wildman–Crippen MR) is 98.1 cm³/mol. The number of imidazole rings is 1. The van der Waals surface area contributed by atoms with Crippen LogP contribution in [0.25, 0.3) is 0 Å². The smallest absolute Gasteiger partial charge is 0.226 e. The van der Waals surface area contributed by atoms with E-state index in [1.54, 1.807) is 0 Å². The second kappa shape index (κ2) is 7.22. The van der Waals surface area contributed by atoms with Crippen LogP contribution in [-0.2, 0) is 11.3 Å². The Hall–Kier alpha value is -2.17. The van der Waals surface area contributed by atoms with Crippen LogP contribution in [0.1, 0.15) is 61.6 Å². The summed E-state index contributed by atoms with van der Waals surface area (Å²) in [7, 11) is 0. The molecule has 1 aliphatic carbocycles. The molecule has 1 aromatic heterocycles. The molecule has 1 atom stereocenters. The van der Waals surface area contributed by atoms with E-state index in [2.05, 4.69) is 14.5 Å². The highest BCUT2D eigenvalue weighted by atomic mass is 19.1. The van der Waals surface area contributed by atoms with E-state index in [1.807, 2.05) is 25.3 Å². The standard InChI is InChI=1S/C21H26FN3O/c1-15-13-23-20(25(15)14-16-8-10-18(22)11-9-16)19-7-4-12-24(19)21(26)17-5-2-3-6-17/h8-11,13,17,19H,2-7,12,14H2,1H3. The van der Waals surface area contributed by atoms with Gasteiger partial charge >= 0.3 is 0 Å². The van der Waals surface area contributed by atoms with Gasteiger partial charge in [-0.1, -0.05) is 25.0 Å². The minimum Gasteiger partial charge on any atom is -0.332 e. The number of aryl methyl sites for hydroxylation is 1. The molecule has 26 heavy (non-hydrogen) atoms. The van der Waals surface area contributed by atoms with E-state index in [0.717, 1.165) is 49.3 Å². The lowest BCUT2D eigenvalue weighted by atomic mass is 10.1. The van der Waals surface area contributed by atoms with E-state index in [-0.39, 0.29) is 17.8 Å². The number of hydrogen-bond acceptors (Lipinski definition) is 2. The number of likely N-dealkylation sites (tertiary alicyclic amines) is 1. The Labute approximate surface area is 154 Å². The number of benzene rings is 1. The number of rotatable bonds is 4. The average molecular weight is 355 g/mol. The summed E-state index contributed by atoms with van der Waals surface area (Å²) < 4.78 is 15.4. The number of nitrogens with zero attached hydrogens (tertiary/aromatic N) is 3. The van der Waals surface area contributed by atoms with Crippen LogP contribution in [0.3, 0.4) is 0 Å². The van der Waals surface area contributed by atoms with Gasteiger partial charge in [-0.3, -0.25) is 4.79 Å². The quantitative estimate of drug-likeness (QED) is 0.823. The molecule has 138 valence electrons. The third-order valence-corrected chi connectivity index (χ3v) is 5.88. The highest BCUT2D eigenvalue weighted by Crippen LogP contribution is 2.36. The van der Waals surface area contributed by atoms with Gasteiger partial charge in [0.15, 0.2) is 0 Å². The molecule has 4 nitrogen and oxygen atoms in total. The first kappa shape index (κ1) is 17.3. The molecule has 2 aliphatic rings. The molecule has 0 N–H and O–H groups in total. The molecule has 1 saturated heterocycles. The fraction of sp³-hybridized carbons (Fsp3) is 0.524. The van der Waals surface area contributed by atoms with Gasteiger partial charge in [-0.05, 0) is 50.3 Å². The van der Waals surface area contributed by atoms with E-state index in [4.69, 9.17) is 0 Å². The van der Waals surface area contributed by atoms with E-state index in [1.165, 1.54) is 25.0 Å². The van der Waals surface area contributed by atoms with Gasteiger partial charge < -0.3 is 9.47 Å². The Balaban J connectivity index is 1.58. The molecule has 2 fully saturated rings. The van der Waals surface area contributed by atoms with Crippen LogP contribution in [0.4, 0.5) is 4.39 Å². The SMILES string of the molecule is Cc1cnc(C2CCCN2C(=O)C2CCCC2)n1Cc1ccc(F)cc1. The van der Waals surface area contributed by atoms with E-state index in [0.29, 0.717) is 12.5 Å². The van der Waals surface area contributed by atoms with Crippen molar-refractivity contribution in [3.63, 3.8) is 0 Å². The molecule has 4 rings (SSSR count). The van der Waals surface area contributed by atoms with Gasteiger partial charge in [0.1, 0.15) is 11.6 Å². The van der Waals surface area contributed by atoms with Crippen molar-refractivity contribution in [2.75, 3.05) is 6.54 Å². The van der Waals surface area contributed by atoms with E-state index >= 15 is 0 Å². The number of carbonyl (C=O) groups excluding carboxylic acids is 1. The fourth-order valence-corrected chi connectivity index (χ4v) is 4.43. The van der Waals surface area contributed by atoms with Crippen molar-refractivity contribution in [2.45, 2.75) is 58.0 Å². The molecule has 0 radical (unpaired) electrons. The zero-order valence-electron chi connectivity index (χ0n) is 15.3. The summed E-state index contributed by atoms with van der Waals surface area (Å²) in [5.41, 5.74) is 2.12. The maximum absolute atomic E-state index is 13.2. The fourth-order valence-electron chi connectivity index (χ4n) is 4.43. The summed E-state index contributed by atoms with van der Waals surface area (Å²) in [5.74, 6) is 1.27. The van der Waals surface area contributed by atoms with E-state index in [9.17, 15) is 9.18 Å². The number of hydrogen-bond donors (Lipinski definition) is 0. The Morgan fingerprint density at radius 2 is 1.88 bits per heavy atom. The molecule has 1 unspecified atom stereocenters. The van der Waals surface area contributed by atoms with Crippen molar-refractivity contribution in [1.82, 2.24) is 14.5 Å². The van der Waals surface area contributed by atoms with Gasteiger partial charge in [-0.15, -0.1) is 0 Å². The third-order valence-electron chi connectivity index (χ3n) is 5.88. The molecule has 2 aromatic rings. The van der Waals surface area contributed by atoms with Crippen LogP contribution in [-0.4, -0.2) is 26.9 Å². The topological polar surface area (TPSA) is 38.1 Å². The molecular weight excluding hydrogens is 329 g/mol. The van der Waals surface area contributed by atoms with Crippen LogP contribution in [0.5, 0.6) is 0 Å². The molecule has 1 amide bonds. The lowest BCUT2D eigenvalue weighted by molar-refractivity contribution is -0.136. The van der Waals surface area contributed by atoms with Crippen molar-refractivity contribution in [3.8, 4) is 0 Å². The van der Waals surface area contributed by atoms with Crippen LogP contribution >= 0.6 is 0 Å². The number of halogens is 1. The lowest BCUT2D eigenvalue weighted by Crippen LogP contribution is -2.36. The molecule has 0 bridgehead atoms. The van der Waals surface area contributed by atoms with Crippen molar-refractivity contribution in [1.29, 1.82) is 0 Å². The molecular formula is C21H26FN3O. The van der Waals surface area contributed by atoms with Crippen LogP contribution in [0.2, 0.25) is 0 Å². The largest absolute Gasteiger partial charge is 0.332 e. The first-order valence-electron chi connectivity index (χ1n) is 9.70. The number of amides is 1. The molecule has 2 heterocycles. The highest BCUT2D eigenvalue weighted by molar-refractivity contribution is 5.79. The van der Waals surface area contributed by atoms with Crippen molar-refractivity contribution >= 4 is 5.91 Å². The van der Waals surface area contributed by atoms with Gasteiger partial charge in [0.05, 0.1) is 6.04 Å². The summed E-state index contributed by atoms with van der Waals surface area (Å²) in [5, 5.41) is 0. The molecule has 0 spiro atoms. The summed E-state index contributed by atoms with van der Waals surface area (Å²) in [6, 6.07) is 6.68. The number of aromatic nitrogens is 2. The molecule has 1 aliphatic heterocycles. The summed E-state index contributed by atoms with van der Waals surface area (Å²) in [6.07, 6.45) is 8.30. The zero-order valence-corrected chi connectivity index (χ0v) is 15.3. The Bertz CT molecular complexity index is 777. The summed E-state index contributed by atoms with van der Waals surface area (Å²) in [6.45, 7) is 3.53. The van der Waals surface area contributed by atoms with E-state index < -0.39 is 0 Å². The minimum atomic E-state index is -0.222. The summed E-state index contributed by atoms with van der Waals surface area (Å²) >= 11 is 0. The van der Waals surface area contributed by atoms with Gasteiger partial charge in [-0.25, -0.2) is 9.37 Å². The van der Waals surface area contributed by atoms with Gasteiger partial charge in [0.25, 0.3) is 0 Å². The Morgan fingerprint density at radius 3 is 2.62 bits per heavy atom. The minimum absolute atomic E-state index is 0.0669. The first-order chi connectivity index (χ1) is 12.6. The average Bonchev–Trinajstić information content (AvgIpc) is 3.38. The second-order valence-electron chi connectivity index (χ2n) is 7.64. The van der Waals surface area contributed by atoms with Crippen LogP contribution < -0.4 is 0 Å². The van der Waals surface area contributed by atoms with Crippen molar-refractivity contribution in [2.24, 2.45) is 5.92 Å². The van der Waals surface area contributed by atoms with Crippen molar-refractivity contribution in [3.05, 3.63) is 53.4 Å². The molecule has 5 heteroatoms. The highest BCUT2D eigenvalue weighted by Gasteiger charge is 2.37. The van der Waals surface area contributed by atoms with Gasteiger partial charge in [0, 0.05) is 30.9 Å². The normalized spacial score (nSPS) is 20.8. The second-order valence-corrected chi connectivity index (χ2v) is 7.64. The maximum Gasteiger partial charge on any atom is 0.226 e. The molecule has 1 saturated carbocycles. The van der Waals surface area contributed by atoms with Gasteiger partial charge in [-0.2, -0.15) is 0 Å². The maximum atomic E-state index is 13.2. The Morgan fingerprint density at radius 1 is 1.15 bits per heavy atom. The Kier molecular flexibility index (Phi) is 4.79. The first-order valence-corrected chi connectivity index (χ1v) is 9.70. The lowest BCUT2D eigenvalue weighted by Gasteiger charge is -2.28. The van der Waals surface area contributed by atoms with Crippen LogP contribution in [0, 0.1) is 18.7 Å². The zero-order chi connectivity index (χ0) is 18.1. The monoisotopic (exact) mass is 355 g/mol. The van der Waals surface area contributed by atoms with Gasteiger partial charge in [0.2, 0.25) is 5.91 Å². The summed E-state index contributed by atoms with van der Waals surface area (Å²) in [4.78, 5) is 19.7. The predicted octanol–water partition coefficient (Wildman–Crippen LogP) is 4.23. The van der Waals surface area contributed by atoms with Crippen LogP contribution in [0.15, 0.2) is 30.5 Å². The molecule has 1 aromatic carbocycles.